The summed E-state index contributed by atoms with van der Waals surface area (Å²) in [4.78, 5) is 11.9. The van der Waals surface area contributed by atoms with Crippen molar-refractivity contribution in [3.63, 3.8) is 0 Å². The Morgan fingerprint density at radius 1 is 1.07 bits per heavy atom. The van der Waals surface area contributed by atoms with E-state index in [9.17, 15) is 4.79 Å². The van der Waals surface area contributed by atoms with E-state index in [1.165, 1.54) is 0 Å². The van der Waals surface area contributed by atoms with Crippen molar-refractivity contribution >= 4 is 46.1 Å². The summed E-state index contributed by atoms with van der Waals surface area (Å²) in [6, 6.07) is 16.3. The molecule has 7 heteroatoms. The maximum atomic E-state index is 11.9. The van der Waals surface area contributed by atoms with Crippen molar-refractivity contribution < 1.29 is 14.3 Å². The highest BCUT2D eigenvalue weighted by Crippen LogP contribution is 2.28. The van der Waals surface area contributed by atoms with Crippen LogP contribution in [-0.4, -0.2) is 25.8 Å². The van der Waals surface area contributed by atoms with Gasteiger partial charge in [-0.3, -0.25) is 4.79 Å². The fraction of sp³-hybridized carbons (Fsp3) is 0.100. The second kappa shape index (κ2) is 8.75. The van der Waals surface area contributed by atoms with Gasteiger partial charge in [0.05, 0.1) is 18.3 Å². The van der Waals surface area contributed by atoms with E-state index in [1.807, 2.05) is 36.4 Å². The largest absolute Gasteiger partial charge is 0.496 e. The predicted octanol–water partition coefficient (Wildman–Crippen LogP) is 4.68. The van der Waals surface area contributed by atoms with Gasteiger partial charge in [-0.2, -0.15) is 5.10 Å². The first-order valence-corrected chi connectivity index (χ1v) is 8.79. The normalized spacial score (nSPS) is 10.9. The molecule has 0 spiro atoms. The molecular formula is C20H16Cl2N2O3. The summed E-state index contributed by atoms with van der Waals surface area (Å²) < 4.78 is 10.7. The lowest BCUT2D eigenvalue weighted by molar-refractivity contribution is -0.123. The molecular weight excluding hydrogens is 387 g/mol. The molecule has 0 aliphatic heterocycles. The third-order valence-corrected chi connectivity index (χ3v) is 4.31. The Balaban J connectivity index is 1.64. The van der Waals surface area contributed by atoms with Gasteiger partial charge in [0.15, 0.2) is 6.61 Å². The minimum absolute atomic E-state index is 0.220. The molecule has 0 aliphatic rings. The summed E-state index contributed by atoms with van der Waals surface area (Å²) in [7, 11) is 1.63. The number of hydrogen-bond acceptors (Lipinski definition) is 4. The molecule has 27 heavy (non-hydrogen) atoms. The minimum Gasteiger partial charge on any atom is -0.496 e. The van der Waals surface area contributed by atoms with E-state index in [1.54, 1.807) is 31.5 Å². The Hall–Kier alpha value is -2.76. The highest BCUT2D eigenvalue weighted by molar-refractivity contribution is 6.35. The van der Waals surface area contributed by atoms with E-state index in [4.69, 9.17) is 32.7 Å². The average Bonchev–Trinajstić information content (AvgIpc) is 2.67. The van der Waals surface area contributed by atoms with Gasteiger partial charge in [0, 0.05) is 16.0 Å². The molecule has 0 radical (unpaired) electrons. The molecule has 5 nitrogen and oxygen atoms in total. The van der Waals surface area contributed by atoms with E-state index in [2.05, 4.69) is 10.5 Å². The third-order valence-electron chi connectivity index (χ3n) is 3.78. The van der Waals surface area contributed by atoms with Crippen LogP contribution in [0.15, 0.2) is 59.7 Å². The van der Waals surface area contributed by atoms with E-state index in [0.717, 1.165) is 22.1 Å². The number of nitrogens with zero attached hydrogens (tertiary/aromatic N) is 1. The van der Waals surface area contributed by atoms with Gasteiger partial charge in [0.25, 0.3) is 5.91 Å². The van der Waals surface area contributed by atoms with E-state index in [-0.39, 0.29) is 6.61 Å². The van der Waals surface area contributed by atoms with Crippen LogP contribution in [0.25, 0.3) is 10.8 Å². The topological polar surface area (TPSA) is 59.9 Å². The monoisotopic (exact) mass is 402 g/mol. The standard InChI is InChI=1S/C20H16Cl2N2O3/c1-26-18-8-6-13(15-4-2-3-5-16(15)18)11-23-24-20(25)12-27-19-9-7-14(21)10-17(19)22/h2-11H,12H2,1H3,(H,24,25). The Morgan fingerprint density at radius 2 is 1.81 bits per heavy atom. The molecule has 1 N–H and O–H groups in total. The number of hydrazone groups is 1. The quantitative estimate of drug-likeness (QED) is 0.480. The van der Waals surface area contributed by atoms with Crippen molar-refractivity contribution in [1.82, 2.24) is 5.43 Å². The molecule has 138 valence electrons. The zero-order chi connectivity index (χ0) is 19.2. The molecule has 0 saturated heterocycles. The maximum absolute atomic E-state index is 11.9. The van der Waals surface area contributed by atoms with Crippen LogP contribution in [-0.2, 0) is 4.79 Å². The van der Waals surface area contributed by atoms with Crippen LogP contribution in [0.4, 0.5) is 0 Å². The summed E-state index contributed by atoms with van der Waals surface area (Å²) in [6.45, 7) is -0.220. The van der Waals surface area contributed by atoms with Gasteiger partial charge < -0.3 is 9.47 Å². The maximum Gasteiger partial charge on any atom is 0.277 e. The lowest BCUT2D eigenvalue weighted by Gasteiger charge is -2.08. The summed E-state index contributed by atoms with van der Waals surface area (Å²) >= 11 is 11.8. The molecule has 3 rings (SSSR count). The first-order chi connectivity index (χ1) is 13.1. The lowest BCUT2D eigenvalue weighted by Crippen LogP contribution is -2.24. The Kier molecular flexibility index (Phi) is 6.16. The number of ether oxygens (including phenoxy) is 2. The minimum atomic E-state index is -0.407. The van der Waals surface area contributed by atoms with Gasteiger partial charge in [-0.1, -0.05) is 47.5 Å². The van der Waals surface area contributed by atoms with Crippen LogP contribution in [0.3, 0.4) is 0 Å². The number of carbonyl (C=O) groups is 1. The molecule has 0 unspecified atom stereocenters. The zero-order valence-electron chi connectivity index (χ0n) is 14.4. The van der Waals surface area contributed by atoms with Crippen LogP contribution in [0.1, 0.15) is 5.56 Å². The number of amides is 1. The van der Waals surface area contributed by atoms with Crippen LogP contribution < -0.4 is 14.9 Å². The molecule has 0 heterocycles. The van der Waals surface area contributed by atoms with E-state index in [0.29, 0.717) is 15.8 Å². The highest BCUT2D eigenvalue weighted by atomic mass is 35.5. The van der Waals surface area contributed by atoms with Gasteiger partial charge >= 0.3 is 0 Å². The molecule has 0 fully saturated rings. The van der Waals surface area contributed by atoms with Crippen LogP contribution >= 0.6 is 23.2 Å². The van der Waals surface area contributed by atoms with Crippen molar-refractivity contribution in [2.24, 2.45) is 5.10 Å². The average molecular weight is 403 g/mol. The first kappa shape index (κ1) is 19.0. The van der Waals surface area contributed by atoms with Gasteiger partial charge in [-0.25, -0.2) is 5.43 Å². The van der Waals surface area contributed by atoms with Gasteiger partial charge in [-0.15, -0.1) is 0 Å². The summed E-state index contributed by atoms with van der Waals surface area (Å²) in [5.41, 5.74) is 3.29. The summed E-state index contributed by atoms with van der Waals surface area (Å²) in [5.74, 6) is 0.747. The van der Waals surface area contributed by atoms with Crippen LogP contribution in [0, 0.1) is 0 Å². The molecule has 1 amide bonds. The van der Waals surface area contributed by atoms with Crippen LogP contribution in [0.2, 0.25) is 10.0 Å². The fourth-order valence-corrected chi connectivity index (χ4v) is 2.99. The Labute approximate surface area is 166 Å². The number of nitrogens with one attached hydrogen (secondary N) is 1. The summed E-state index contributed by atoms with van der Waals surface area (Å²) in [6.07, 6.45) is 1.58. The number of fused-ring (bicyclic) bond motifs is 1. The van der Waals surface area contributed by atoms with Gasteiger partial charge in [-0.05, 0) is 35.7 Å². The fourth-order valence-electron chi connectivity index (χ4n) is 2.53. The van der Waals surface area contributed by atoms with Gasteiger partial charge in [0.2, 0.25) is 0 Å². The van der Waals surface area contributed by atoms with Crippen molar-refractivity contribution in [3.05, 3.63) is 70.2 Å². The predicted molar refractivity (Wildman–Crippen MR) is 108 cm³/mol. The molecule has 0 aromatic heterocycles. The Bertz CT molecular complexity index is 1010. The lowest BCUT2D eigenvalue weighted by atomic mass is 10.0. The number of benzene rings is 3. The number of carbonyl (C=O) groups excluding carboxylic acids is 1. The number of halogens is 2. The smallest absolute Gasteiger partial charge is 0.277 e. The van der Waals surface area contributed by atoms with Crippen LogP contribution in [0.5, 0.6) is 11.5 Å². The summed E-state index contributed by atoms with van der Waals surface area (Å²) in [5, 5.41) is 6.77. The van der Waals surface area contributed by atoms with Crippen molar-refractivity contribution in [1.29, 1.82) is 0 Å². The number of rotatable bonds is 6. The number of methoxy groups -OCH3 is 1. The zero-order valence-corrected chi connectivity index (χ0v) is 15.9. The SMILES string of the molecule is COc1ccc(C=NNC(=O)COc2ccc(Cl)cc2Cl)c2ccccc12. The van der Waals surface area contributed by atoms with E-state index >= 15 is 0 Å². The van der Waals surface area contributed by atoms with Gasteiger partial charge in [0.1, 0.15) is 11.5 Å². The molecule has 3 aromatic carbocycles. The molecule has 0 aliphatic carbocycles. The molecule has 0 atom stereocenters. The molecule has 0 bridgehead atoms. The van der Waals surface area contributed by atoms with Crippen molar-refractivity contribution in [3.8, 4) is 11.5 Å². The second-order valence-corrected chi connectivity index (χ2v) is 6.40. The molecule has 0 saturated carbocycles. The first-order valence-electron chi connectivity index (χ1n) is 8.04. The second-order valence-electron chi connectivity index (χ2n) is 5.56. The molecule has 3 aromatic rings. The van der Waals surface area contributed by atoms with E-state index < -0.39 is 5.91 Å². The van der Waals surface area contributed by atoms with Crippen molar-refractivity contribution in [2.45, 2.75) is 0 Å². The number of hydrogen-bond donors (Lipinski definition) is 1. The third kappa shape index (κ3) is 4.70. The van der Waals surface area contributed by atoms with Crippen molar-refractivity contribution in [2.75, 3.05) is 13.7 Å². The Morgan fingerprint density at radius 3 is 2.56 bits per heavy atom. The highest BCUT2D eigenvalue weighted by Gasteiger charge is 2.07.